The first-order chi connectivity index (χ1) is 13.1. The summed E-state index contributed by atoms with van der Waals surface area (Å²) in [6.07, 6.45) is 0.349. The molecule has 0 aromatic heterocycles. The zero-order chi connectivity index (χ0) is 19.4. The molecule has 1 heterocycles. The predicted octanol–water partition coefficient (Wildman–Crippen LogP) is 3.98. The van der Waals surface area contributed by atoms with Crippen LogP contribution in [-0.4, -0.2) is 33.3 Å². The first-order valence-corrected chi connectivity index (χ1v) is 9.06. The van der Waals surface area contributed by atoms with Crippen LogP contribution < -0.4 is 24.3 Å². The largest absolute Gasteiger partial charge is 0.493 e. The van der Waals surface area contributed by atoms with E-state index in [4.69, 9.17) is 18.9 Å². The van der Waals surface area contributed by atoms with Gasteiger partial charge < -0.3 is 24.3 Å². The number of hydrogen-bond acceptors (Lipinski definition) is 5. The molecule has 1 aliphatic rings. The number of amides is 1. The lowest BCUT2D eigenvalue weighted by atomic mass is 9.84. The first kappa shape index (κ1) is 18.9. The lowest BCUT2D eigenvalue weighted by Crippen LogP contribution is -2.23. The highest BCUT2D eigenvalue weighted by Crippen LogP contribution is 2.44. The molecule has 0 radical (unpaired) electrons. The summed E-state index contributed by atoms with van der Waals surface area (Å²) in [5, 5.41) is 2.95. The van der Waals surface area contributed by atoms with Crippen LogP contribution in [0.15, 0.2) is 30.3 Å². The predicted molar refractivity (Wildman–Crippen MR) is 103 cm³/mol. The van der Waals surface area contributed by atoms with E-state index in [9.17, 15) is 4.79 Å². The Morgan fingerprint density at radius 3 is 2.22 bits per heavy atom. The normalized spacial score (nSPS) is 15.6. The van der Waals surface area contributed by atoms with E-state index in [1.807, 2.05) is 44.2 Å². The van der Waals surface area contributed by atoms with E-state index in [0.29, 0.717) is 42.6 Å². The van der Waals surface area contributed by atoms with Crippen molar-refractivity contribution in [2.75, 3.05) is 32.8 Å². The third-order valence-electron chi connectivity index (χ3n) is 4.56. The van der Waals surface area contributed by atoms with E-state index in [1.165, 1.54) is 0 Å². The number of carbonyl (C=O) groups excluding carboxylic acids is 1. The number of fused-ring (bicyclic) bond motifs is 1. The van der Waals surface area contributed by atoms with Gasteiger partial charge in [0.05, 0.1) is 27.4 Å². The van der Waals surface area contributed by atoms with Crippen molar-refractivity contribution in [3.05, 3.63) is 41.5 Å². The number of carbonyl (C=O) groups is 1. The Balaban J connectivity index is 2.09. The van der Waals surface area contributed by atoms with Crippen LogP contribution in [0.5, 0.6) is 23.0 Å². The van der Waals surface area contributed by atoms with Gasteiger partial charge in [0.25, 0.3) is 0 Å². The summed E-state index contributed by atoms with van der Waals surface area (Å²) in [5.74, 6) is 2.46. The monoisotopic (exact) mass is 371 g/mol. The molecule has 1 amide bonds. The Labute approximate surface area is 159 Å². The number of nitrogens with one attached hydrogen (secondary N) is 1. The molecule has 0 spiro atoms. The molecular weight excluding hydrogens is 346 g/mol. The fraction of sp³-hybridized carbons (Fsp3) is 0.381. The molecule has 1 aliphatic heterocycles. The Morgan fingerprint density at radius 1 is 0.926 bits per heavy atom. The van der Waals surface area contributed by atoms with E-state index in [0.717, 1.165) is 16.8 Å². The fourth-order valence-electron chi connectivity index (χ4n) is 3.37. The number of benzene rings is 2. The topological polar surface area (TPSA) is 66.0 Å². The van der Waals surface area contributed by atoms with Gasteiger partial charge in [0.1, 0.15) is 0 Å². The van der Waals surface area contributed by atoms with Gasteiger partial charge in [0.15, 0.2) is 23.0 Å². The minimum atomic E-state index is -0.108. The van der Waals surface area contributed by atoms with Gasteiger partial charge in [0.2, 0.25) is 5.91 Å². The van der Waals surface area contributed by atoms with Crippen LogP contribution in [0, 0.1) is 0 Å². The quantitative estimate of drug-likeness (QED) is 0.798. The average molecular weight is 371 g/mol. The van der Waals surface area contributed by atoms with Crippen LogP contribution in [0.3, 0.4) is 0 Å². The molecule has 1 atom stereocenters. The van der Waals surface area contributed by atoms with Gasteiger partial charge in [0, 0.05) is 24.1 Å². The molecule has 6 heteroatoms. The smallest absolute Gasteiger partial charge is 0.225 e. The Morgan fingerprint density at radius 2 is 1.59 bits per heavy atom. The molecule has 6 nitrogen and oxygen atoms in total. The average Bonchev–Trinajstić information content (AvgIpc) is 2.68. The summed E-state index contributed by atoms with van der Waals surface area (Å²) < 4.78 is 22.2. The highest BCUT2D eigenvalue weighted by molar-refractivity contribution is 5.96. The number of ether oxygens (including phenoxy) is 4. The molecule has 2 aromatic carbocycles. The molecular formula is C21H25NO5. The van der Waals surface area contributed by atoms with Gasteiger partial charge in [-0.25, -0.2) is 0 Å². The van der Waals surface area contributed by atoms with Crippen molar-refractivity contribution < 1.29 is 23.7 Å². The van der Waals surface area contributed by atoms with Gasteiger partial charge >= 0.3 is 0 Å². The Bertz CT molecular complexity index is 834. The first-order valence-electron chi connectivity index (χ1n) is 9.06. The van der Waals surface area contributed by atoms with E-state index >= 15 is 0 Å². The lowest BCUT2D eigenvalue weighted by Gasteiger charge is -2.28. The number of hydrogen-bond donors (Lipinski definition) is 1. The standard InChI is InChI=1S/C21H25NO5/c1-5-26-19-10-15-14(13-7-8-17(24-3)18(9-13)25-4)11-21(23)22-16(15)12-20(19)27-6-2/h7-10,12,14H,5-6,11H2,1-4H3,(H,22,23)/t14-/m1/s1. The zero-order valence-corrected chi connectivity index (χ0v) is 16.1. The molecule has 0 saturated heterocycles. The Hall–Kier alpha value is -2.89. The van der Waals surface area contributed by atoms with Crippen molar-refractivity contribution in [3.63, 3.8) is 0 Å². The highest BCUT2D eigenvalue weighted by atomic mass is 16.5. The lowest BCUT2D eigenvalue weighted by molar-refractivity contribution is -0.116. The minimum Gasteiger partial charge on any atom is -0.493 e. The molecule has 0 unspecified atom stereocenters. The minimum absolute atomic E-state index is 0.0334. The van der Waals surface area contributed by atoms with Crippen molar-refractivity contribution in [1.29, 1.82) is 0 Å². The SMILES string of the molecule is CCOc1cc2c(cc1OCC)[C@@H](c1ccc(OC)c(OC)c1)CC(=O)N2. The summed E-state index contributed by atoms with van der Waals surface area (Å²) in [6.45, 7) is 4.90. The molecule has 0 aliphatic carbocycles. The number of methoxy groups -OCH3 is 2. The molecule has 1 N–H and O–H groups in total. The van der Waals surface area contributed by atoms with E-state index in [1.54, 1.807) is 14.2 Å². The van der Waals surface area contributed by atoms with Gasteiger partial charge in [-0.3, -0.25) is 4.79 Å². The summed E-state index contributed by atoms with van der Waals surface area (Å²) in [7, 11) is 3.20. The zero-order valence-electron chi connectivity index (χ0n) is 16.1. The van der Waals surface area contributed by atoms with Crippen molar-refractivity contribution in [3.8, 4) is 23.0 Å². The molecule has 0 saturated carbocycles. The number of anilines is 1. The maximum Gasteiger partial charge on any atom is 0.225 e. The Kier molecular flexibility index (Phi) is 5.74. The van der Waals surface area contributed by atoms with Crippen LogP contribution in [0.4, 0.5) is 5.69 Å². The van der Waals surface area contributed by atoms with Crippen molar-refractivity contribution in [2.24, 2.45) is 0 Å². The third-order valence-corrected chi connectivity index (χ3v) is 4.56. The van der Waals surface area contributed by atoms with Crippen LogP contribution in [-0.2, 0) is 4.79 Å². The van der Waals surface area contributed by atoms with Crippen molar-refractivity contribution >= 4 is 11.6 Å². The molecule has 27 heavy (non-hydrogen) atoms. The van der Waals surface area contributed by atoms with E-state index < -0.39 is 0 Å². The second kappa shape index (κ2) is 8.20. The third kappa shape index (κ3) is 3.79. The van der Waals surface area contributed by atoms with E-state index in [2.05, 4.69) is 5.32 Å². The summed E-state index contributed by atoms with van der Waals surface area (Å²) in [5.41, 5.74) is 2.72. The van der Waals surface area contributed by atoms with Crippen LogP contribution in [0.2, 0.25) is 0 Å². The highest BCUT2D eigenvalue weighted by Gasteiger charge is 2.29. The van der Waals surface area contributed by atoms with Crippen LogP contribution in [0.25, 0.3) is 0 Å². The molecule has 3 rings (SSSR count). The summed E-state index contributed by atoms with van der Waals surface area (Å²) in [6, 6.07) is 9.55. The summed E-state index contributed by atoms with van der Waals surface area (Å²) >= 11 is 0. The fourth-order valence-corrected chi connectivity index (χ4v) is 3.37. The van der Waals surface area contributed by atoms with Gasteiger partial charge in [-0.15, -0.1) is 0 Å². The maximum atomic E-state index is 12.3. The van der Waals surface area contributed by atoms with Gasteiger partial charge in [-0.1, -0.05) is 6.07 Å². The second-order valence-corrected chi connectivity index (χ2v) is 6.17. The van der Waals surface area contributed by atoms with Crippen LogP contribution in [0.1, 0.15) is 37.3 Å². The van der Waals surface area contributed by atoms with Gasteiger partial charge in [-0.05, 0) is 43.2 Å². The van der Waals surface area contributed by atoms with Gasteiger partial charge in [-0.2, -0.15) is 0 Å². The second-order valence-electron chi connectivity index (χ2n) is 6.17. The number of rotatable bonds is 7. The summed E-state index contributed by atoms with van der Waals surface area (Å²) in [4.78, 5) is 12.3. The molecule has 0 bridgehead atoms. The van der Waals surface area contributed by atoms with Crippen LogP contribution >= 0.6 is 0 Å². The molecule has 144 valence electrons. The molecule has 2 aromatic rings. The maximum absolute atomic E-state index is 12.3. The van der Waals surface area contributed by atoms with Crippen molar-refractivity contribution in [1.82, 2.24) is 0 Å². The molecule has 0 fully saturated rings. The van der Waals surface area contributed by atoms with Crippen molar-refractivity contribution in [2.45, 2.75) is 26.2 Å². The van der Waals surface area contributed by atoms with E-state index in [-0.39, 0.29) is 11.8 Å².